The number of halogens is 1. The first-order chi connectivity index (χ1) is 19.3. The van der Waals surface area contributed by atoms with Gasteiger partial charge in [-0.15, -0.1) is 0 Å². The molecule has 3 aromatic rings. The fourth-order valence-corrected chi connectivity index (χ4v) is 7.78. The van der Waals surface area contributed by atoms with E-state index in [-0.39, 0.29) is 57.8 Å². The molecule has 0 bridgehead atoms. The summed E-state index contributed by atoms with van der Waals surface area (Å²) in [6.07, 6.45) is 0.290. The molecule has 214 valence electrons. The summed E-state index contributed by atoms with van der Waals surface area (Å²) in [7, 11) is -4.04. The Hall–Kier alpha value is -4.18. The zero-order chi connectivity index (χ0) is 29.7. The molecule has 1 amide bonds. The first kappa shape index (κ1) is 28.4. The van der Waals surface area contributed by atoms with Crippen molar-refractivity contribution in [3.8, 4) is 11.5 Å². The number of ether oxygens (including phenoxy) is 1. The third kappa shape index (κ3) is 5.44. The number of fused-ring (bicyclic) bond motifs is 1. The number of pyridine rings is 1. The van der Waals surface area contributed by atoms with Gasteiger partial charge in [0.05, 0.1) is 16.3 Å². The Bertz CT molecular complexity index is 1710. The van der Waals surface area contributed by atoms with E-state index in [0.29, 0.717) is 11.4 Å². The van der Waals surface area contributed by atoms with E-state index in [4.69, 9.17) is 4.74 Å². The van der Waals surface area contributed by atoms with Crippen molar-refractivity contribution in [1.29, 1.82) is 0 Å². The molecule has 2 aliphatic heterocycles. The van der Waals surface area contributed by atoms with E-state index < -0.39 is 33.0 Å². The van der Waals surface area contributed by atoms with Gasteiger partial charge in [-0.2, -0.15) is 0 Å². The standard InChI is InChI=1S/C31H32FN3O5S/c1-18(2)16-40-20-12-13-21(22(32)14-20)28-29-24(15-31(4,5)17-41(29,38)39)34-27-25(10-7-11-26(27)36)35(28)30(37)23-9-6-8-19(3)33-23/h6-14,28,34,36H,1,15-17H2,2-5H3. The van der Waals surface area contributed by atoms with Crippen molar-refractivity contribution in [2.45, 2.75) is 40.2 Å². The second-order valence-corrected chi connectivity index (χ2v) is 13.4. The number of aryl methyl sites for hydroxylation is 1. The molecule has 0 fully saturated rings. The lowest BCUT2D eigenvalue weighted by molar-refractivity contribution is 0.0975. The van der Waals surface area contributed by atoms with Crippen LogP contribution in [-0.4, -0.2) is 36.8 Å². The molecule has 8 nitrogen and oxygen atoms in total. The van der Waals surface area contributed by atoms with Gasteiger partial charge in [-0.05, 0) is 67.7 Å². The van der Waals surface area contributed by atoms with Gasteiger partial charge >= 0.3 is 0 Å². The van der Waals surface area contributed by atoms with Crippen molar-refractivity contribution in [3.05, 3.63) is 100 Å². The number of hydrogen-bond donors (Lipinski definition) is 2. The van der Waals surface area contributed by atoms with E-state index in [9.17, 15) is 18.3 Å². The van der Waals surface area contributed by atoms with Gasteiger partial charge in [0, 0.05) is 23.0 Å². The van der Waals surface area contributed by atoms with Gasteiger partial charge in [-0.25, -0.2) is 17.8 Å². The SMILES string of the molecule is C=C(C)COc1ccc(C2C3=C(CC(C)(C)CS3(=O)=O)Nc3c(O)cccc3N2C(=O)c2cccc(C)n2)c(F)c1. The maximum Gasteiger partial charge on any atom is 0.277 e. The van der Waals surface area contributed by atoms with Crippen molar-refractivity contribution >= 4 is 27.1 Å². The first-order valence-corrected chi connectivity index (χ1v) is 14.8. The number of phenols is 1. The third-order valence-electron chi connectivity index (χ3n) is 7.01. The Kier molecular flexibility index (Phi) is 7.15. The van der Waals surface area contributed by atoms with Gasteiger partial charge in [0.1, 0.15) is 41.3 Å². The Morgan fingerprint density at radius 1 is 1.22 bits per heavy atom. The lowest BCUT2D eigenvalue weighted by Gasteiger charge is -2.37. The topological polar surface area (TPSA) is 109 Å². The third-order valence-corrected chi connectivity index (χ3v) is 9.31. The highest BCUT2D eigenvalue weighted by Gasteiger charge is 2.48. The van der Waals surface area contributed by atoms with E-state index in [2.05, 4.69) is 16.9 Å². The molecule has 0 radical (unpaired) electrons. The fraction of sp³-hybridized carbons (Fsp3) is 0.290. The van der Waals surface area contributed by atoms with Crippen LogP contribution in [0.25, 0.3) is 0 Å². The van der Waals surface area contributed by atoms with Crippen molar-refractivity contribution in [3.63, 3.8) is 0 Å². The Labute approximate surface area is 239 Å². The number of allylic oxidation sites excluding steroid dienone is 1. The van der Waals surface area contributed by atoms with Gasteiger partial charge < -0.3 is 15.2 Å². The number of nitrogens with zero attached hydrogens (tertiary/aromatic N) is 2. The molecule has 10 heteroatoms. The summed E-state index contributed by atoms with van der Waals surface area (Å²) in [4.78, 5) is 19.8. The number of sulfone groups is 1. The number of carbonyl (C=O) groups is 1. The van der Waals surface area contributed by atoms with E-state index in [0.717, 1.165) is 5.57 Å². The Morgan fingerprint density at radius 2 is 1.95 bits per heavy atom. The lowest BCUT2D eigenvalue weighted by Crippen LogP contribution is -2.41. The van der Waals surface area contributed by atoms with Crippen LogP contribution >= 0.6 is 0 Å². The van der Waals surface area contributed by atoms with Crippen LogP contribution in [0.5, 0.6) is 11.5 Å². The second-order valence-electron chi connectivity index (χ2n) is 11.4. The minimum atomic E-state index is -4.04. The maximum absolute atomic E-state index is 16.1. The highest BCUT2D eigenvalue weighted by atomic mass is 32.2. The number of phenolic OH excluding ortho intramolecular Hbond substituents is 1. The van der Waals surface area contributed by atoms with Crippen LogP contribution in [0.3, 0.4) is 0 Å². The van der Waals surface area contributed by atoms with Crippen molar-refractivity contribution in [2.24, 2.45) is 5.41 Å². The number of nitrogens with one attached hydrogen (secondary N) is 1. The average Bonchev–Trinajstić information content (AvgIpc) is 3.01. The summed E-state index contributed by atoms with van der Waals surface area (Å²) < 4.78 is 49.8. The summed E-state index contributed by atoms with van der Waals surface area (Å²) in [5.74, 6) is -1.55. The zero-order valence-corrected chi connectivity index (χ0v) is 24.2. The number of para-hydroxylation sites is 1. The number of anilines is 2. The number of aromatic hydroxyl groups is 1. The molecular formula is C31H32FN3O5S. The van der Waals surface area contributed by atoms with Gasteiger partial charge in [-0.3, -0.25) is 9.69 Å². The number of amides is 1. The molecule has 1 unspecified atom stereocenters. The van der Waals surface area contributed by atoms with Crippen molar-refractivity contribution in [1.82, 2.24) is 4.98 Å². The molecule has 1 aromatic heterocycles. The number of rotatable bonds is 5. The minimum absolute atomic E-state index is 0.0394. The first-order valence-electron chi connectivity index (χ1n) is 13.2. The van der Waals surface area contributed by atoms with Crippen LogP contribution in [0, 0.1) is 18.2 Å². The normalized spacial score (nSPS) is 19.0. The predicted molar refractivity (Wildman–Crippen MR) is 156 cm³/mol. The molecule has 2 N–H and O–H groups in total. The number of carbonyl (C=O) groups excluding carboxylic acids is 1. The zero-order valence-electron chi connectivity index (χ0n) is 23.4. The molecule has 0 aliphatic carbocycles. The number of hydrogen-bond acceptors (Lipinski definition) is 7. The van der Waals surface area contributed by atoms with Crippen molar-refractivity contribution in [2.75, 3.05) is 22.6 Å². The lowest BCUT2D eigenvalue weighted by atomic mass is 9.88. The van der Waals surface area contributed by atoms with Crippen LogP contribution in [-0.2, 0) is 9.84 Å². The number of benzene rings is 2. The Balaban J connectivity index is 1.82. The van der Waals surface area contributed by atoms with Gasteiger partial charge in [0.2, 0.25) is 0 Å². The molecule has 2 aromatic carbocycles. The molecule has 1 atom stereocenters. The summed E-state index contributed by atoms with van der Waals surface area (Å²) in [6.45, 7) is 11.1. The summed E-state index contributed by atoms with van der Waals surface area (Å²) in [5, 5.41) is 14.0. The molecule has 2 aliphatic rings. The summed E-state index contributed by atoms with van der Waals surface area (Å²) >= 11 is 0. The van der Waals surface area contributed by atoms with Crippen LogP contribution in [0.1, 0.15) is 55.0 Å². The molecule has 41 heavy (non-hydrogen) atoms. The van der Waals surface area contributed by atoms with Crippen LogP contribution < -0.4 is 15.0 Å². The molecule has 0 saturated heterocycles. The van der Waals surface area contributed by atoms with E-state index in [1.54, 1.807) is 38.1 Å². The van der Waals surface area contributed by atoms with Crippen LogP contribution in [0.2, 0.25) is 0 Å². The average molecular weight is 578 g/mol. The van der Waals surface area contributed by atoms with E-state index >= 15 is 4.39 Å². The van der Waals surface area contributed by atoms with Gasteiger partial charge in [-0.1, -0.05) is 32.6 Å². The monoisotopic (exact) mass is 577 g/mol. The van der Waals surface area contributed by atoms with Gasteiger partial charge in [0.15, 0.2) is 9.84 Å². The minimum Gasteiger partial charge on any atom is -0.506 e. The Morgan fingerprint density at radius 3 is 2.63 bits per heavy atom. The summed E-state index contributed by atoms with van der Waals surface area (Å²) in [5.41, 5.74) is 1.30. The number of aromatic nitrogens is 1. The molecule has 0 saturated carbocycles. The summed E-state index contributed by atoms with van der Waals surface area (Å²) in [6, 6.07) is 12.2. The maximum atomic E-state index is 16.1. The molecule has 0 spiro atoms. The highest BCUT2D eigenvalue weighted by Crippen LogP contribution is 2.52. The van der Waals surface area contributed by atoms with Crippen LogP contribution in [0.4, 0.5) is 15.8 Å². The van der Waals surface area contributed by atoms with Crippen molar-refractivity contribution < 1.29 is 27.4 Å². The molecule has 5 rings (SSSR count). The molecule has 3 heterocycles. The van der Waals surface area contributed by atoms with Crippen LogP contribution in [0.15, 0.2) is 77.4 Å². The smallest absolute Gasteiger partial charge is 0.277 e. The highest BCUT2D eigenvalue weighted by molar-refractivity contribution is 7.95. The van der Waals surface area contributed by atoms with E-state index in [1.807, 2.05) is 13.8 Å². The largest absolute Gasteiger partial charge is 0.506 e. The van der Waals surface area contributed by atoms with Gasteiger partial charge in [0.25, 0.3) is 5.91 Å². The predicted octanol–water partition coefficient (Wildman–Crippen LogP) is 6.06. The quantitative estimate of drug-likeness (QED) is 0.280. The molecular weight excluding hydrogens is 545 g/mol. The fourth-order valence-electron chi connectivity index (χ4n) is 5.42. The second kappa shape index (κ2) is 10.3. The van der Waals surface area contributed by atoms with E-state index in [1.165, 1.54) is 35.2 Å².